The van der Waals surface area contributed by atoms with Gasteiger partial charge in [0, 0.05) is 12.2 Å². The molecular formula is C29H31F3O2. The fourth-order valence-corrected chi connectivity index (χ4v) is 5.47. The lowest BCUT2D eigenvalue weighted by molar-refractivity contribution is -0.00956. The number of ether oxygens (including phenoxy) is 2. The van der Waals surface area contributed by atoms with Crippen molar-refractivity contribution >= 4 is 0 Å². The Morgan fingerprint density at radius 1 is 0.941 bits per heavy atom. The van der Waals surface area contributed by atoms with Crippen LogP contribution in [0, 0.1) is 41.1 Å². The van der Waals surface area contributed by atoms with Gasteiger partial charge in [-0.1, -0.05) is 30.6 Å². The van der Waals surface area contributed by atoms with E-state index in [1.54, 1.807) is 12.1 Å². The predicted molar refractivity (Wildman–Crippen MR) is 127 cm³/mol. The fraction of sp³-hybridized carbons (Fsp3) is 0.448. The minimum atomic E-state index is -0.854. The van der Waals surface area contributed by atoms with Crippen LogP contribution >= 0.6 is 0 Å². The maximum absolute atomic E-state index is 14.8. The van der Waals surface area contributed by atoms with E-state index in [1.807, 2.05) is 6.07 Å². The van der Waals surface area contributed by atoms with Crippen molar-refractivity contribution in [1.29, 1.82) is 0 Å². The van der Waals surface area contributed by atoms with E-state index in [-0.39, 0.29) is 17.7 Å². The van der Waals surface area contributed by atoms with Gasteiger partial charge in [-0.25, -0.2) is 13.2 Å². The summed E-state index contributed by atoms with van der Waals surface area (Å²) in [6.07, 6.45) is 8.56. The molecule has 2 saturated carbocycles. The topological polar surface area (TPSA) is 18.5 Å². The second-order valence-electron chi connectivity index (χ2n) is 9.28. The highest BCUT2D eigenvalue weighted by atomic mass is 19.1. The maximum Gasteiger partial charge on any atom is 0.191 e. The van der Waals surface area contributed by atoms with Gasteiger partial charge in [0.2, 0.25) is 0 Å². The Labute approximate surface area is 200 Å². The SMILES string of the molecule is C=CCOc1c(F)cc(C#Cc2ccc(C3CCC4CC(OCC)CCC4C3)cc2F)cc1F. The third kappa shape index (κ3) is 5.67. The average Bonchev–Trinajstić information content (AvgIpc) is 2.82. The quantitative estimate of drug-likeness (QED) is 0.331. The van der Waals surface area contributed by atoms with Gasteiger partial charge in [-0.3, -0.25) is 0 Å². The Hall–Kier alpha value is -2.71. The van der Waals surface area contributed by atoms with Crippen LogP contribution < -0.4 is 4.74 Å². The van der Waals surface area contributed by atoms with Crippen LogP contribution in [0.25, 0.3) is 0 Å². The van der Waals surface area contributed by atoms with Crippen LogP contribution in [0.1, 0.15) is 68.1 Å². The molecule has 2 aromatic carbocycles. The highest BCUT2D eigenvalue weighted by molar-refractivity contribution is 5.46. The lowest BCUT2D eigenvalue weighted by atomic mass is 9.65. The number of halogens is 3. The van der Waals surface area contributed by atoms with Crippen LogP contribution in [0.15, 0.2) is 43.0 Å². The Bertz CT molecular complexity index is 1060. The van der Waals surface area contributed by atoms with Gasteiger partial charge in [0.25, 0.3) is 0 Å². The van der Waals surface area contributed by atoms with Gasteiger partial charge in [-0.15, -0.1) is 0 Å². The highest BCUT2D eigenvalue weighted by Crippen LogP contribution is 2.46. The molecule has 0 aromatic heterocycles. The first kappa shape index (κ1) is 24.4. The molecule has 4 unspecified atom stereocenters. The number of hydrogen-bond acceptors (Lipinski definition) is 2. The summed E-state index contributed by atoms with van der Waals surface area (Å²) in [5.41, 5.74) is 1.34. The predicted octanol–water partition coefficient (Wildman–Crippen LogP) is 7.16. The summed E-state index contributed by atoms with van der Waals surface area (Å²) in [6.45, 7) is 6.28. The number of fused-ring (bicyclic) bond motifs is 1. The van der Waals surface area contributed by atoms with Crippen LogP contribution in [0.2, 0.25) is 0 Å². The Balaban J connectivity index is 1.43. The largest absolute Gasteiger partial charge is 0.483 e. The Morgan fingerprint density at radius 3 is 2.38 bits per heavy atom. The summed E-state index contributed by atoms with van der Waals surface area (Å²) in [7, 11) is 0. The molecule has 180 valence electrons. The minimum Gasteiger partial charge on any atom is -0.483 e. The van der Waals surface area contributed by atoms with Crippen LogP contribution in [-0.4, -0.2) is 19.3 Å². The van der Waals surface area contributed by atoms with Crippen molar-refractivity contribution < 1.29 is 22.6 Å². The smallest absolute Gasteiger partial charge is 0.191 e. The molecule has 34 heavy (non-hydrogen) atoms. The third-order valence-electron chi connectivity index (χ3n) is 7.12. The molecule has 0 N–H and O–H groups in total. The lowest BCUT2D eigenvalue weighted by Crippen LogP contribution is -2.33. The van der Waals surface area contributed by atoms with Crippen LogP contribution in [-0.2, 0) is 4.74 Å². The summed E-state index contributed by atoms with van der Waals surface area (Å²) in [5, 5.41) is 0. The number of rotatable bonds is 6. The molecule has 0 radical (unpaired) electrons. The van der Waals surface area contributed by atoms with E-state index in [9.17, 15) is 13.2 Å². The Kier molecular flexibility index (Phi) is 8.00. The molecule has 2 aromatic rings. The van der Waals surface area contributed by atoms with Gasteiger partial charge in [0.1, 0.15) is 12.4 Å². The van der Waals surface area contributed by atoms with Crippen molar-refractivity contribution in [2.45, 2.75) is 57.5 Å². The molecular weight excluding hydrogens is 437 g/mol. The maximum atomic E-state index is 14.8. The zero-order chi connectivity index (χ0) is 24.1. The summed E-state index contributed by atoms with van der Waals surface area (Å²) in [4.78, 5) is 0. The third-order valence-corrected chi connectivity index (χ3v) is 7.12. The lowest BCUT2D eigenvalue weighted by Gasteiger charge is -2.42. The van der Waals surface area contributed by atoms with E-state index in [0.29, 0.717) is 23.9 Å². The van der Waals surface area contributed by atoms with Gasteiger partial charge in [-0.2, -0.15) is 0 Å². The zero-order valence-electron chi connectivity index (χ0n) is 19.6. The first-order valence-electron chi connectivity index (χ1n) is 12.1. The van der Waals surface area contributed by atoms with E-state index in [0.717, 1.165) is 56.4 Å². The van der Waals surface area contributed by atoms with Gasteiger partial charge < -0.3 is 9.47 Å². The second kappa shape index (κ2) is 11.1. The molecule has 0 spiro atoms. The van der Waals surface area contributed by atoms with E-state index in [1.165, 1.54) is 12.5 Å². The van der Waals surface area contributed by atoms with Crippen molar-refractivity contribution in [3.63, 3.8) is 0 Å². The molecule has 0 heterocycles. The summed E-state index contributed by atoms with van der Waals surface area (Å²) in [6, 6.07) is 7.36. The van der Waals surface area contributed by atoms with Crippen molar-refractivity contribution in [1.82, 2.24) is 0 Å². The van der Waals surface area contributed by atoms with Gasteiger partial charge in [-0.05, 0) is 93.0 Å². The van der Waals surface area contributed by atoms with E-state index >= 15 is 0 Å². The zero-order valence-corrected chi connectivity index (χ0v) is 19.6. The van der Waals surface area contributed by atoms with Crippen LogP contribution in [0.3, 0.4) is 0 Å². The standard InChI is InChI=1S/C29H31F3O2/c1-3-13-34-29-27(31)14-19(15-28(29)32)5-6-20-7-8-24(18-26(20)30)21-9-10-23-17-25(33-4-2)12-11-22(23)16-21/h3,7-8,14-15,18,21-23,25H,1,4,9-13,16-17H2,2H3. The van der Waals surface area contributed by atoms with Gasteiger partial charge in [0.15, 0.2) is 17.4 Å². The van der Waals surface area contributed by atoms with Crippen molar-refractivity contribution in [3.05, 3.63) is 77.1 Å². The first-order valence-corrected chi connectivity index (χ1v) is 12.1. The summed E-state index contributed by atoms with van der Waals surface area (Å²) < 4.78 is 53.9. The Morgan fingerprint density at radius 2 is 1.68 bits per heavy atom. The van der Waals surface area contributed by atoms with E-state index in [4.69, 9.17) is 9.47 Å². The van der Waals surface area contributed by atoms with Crippen molar-refractivity contribution in [2.24, 2.45) is 11.8 Å². The monoisotopic (exact) mass is 468 g/mol. The number of hydrogen-bond donors (Lipinski definition) is 0. The molecule has 2 aliphatic carbocycles. The summed E-state index contributed by atoms with van der Waals surface area (Å²) in [5.74, 6) is 4.54. The second-order valence-corrected chi connectivity index (χ2v) is 9.28. The van der Waals surface area contributed by atoms with Crippen molar-refractivity contribution in [3.8, 4) is 17.6 Å². The molecule has 4 rings (SSSR count). The summed E-state index contributed by atoms with van der Waals surface area (Å²) >= 11 is 0. The minimum absolute atomic E-state index is 0.00733. The molecule has 4 atom stereocenters. The molecule has 0 amide bonds. The molecule has 0 aliphatic heterocycles. The molecule has 2 aliphatic rings. The normalized spacial score (nSPS) is 24.0. The highest BCUT2D eigenvalue weighted by Gasteiger charge is 2.36. The molecule has 2 fully saturated rings. The van der Waals surface area contributed by atoms with Crippen molar-refractivity contribution in [2.75, 3.05) is 13.2 Å². The van der Waals surface area contributed by atoms with Crippen LogP contribution in [0.4, 0.5) is 13.2 Å². The van der Waals surface area contributed by atoms with Gasteiger partial charge >= 0.3 is 0 Å². The molecule has 5 heteroatoms. The molecule has 0 bridgehead atoms. The van der Waals surface area contributed by atoms with E-state index < -0.39 is 23.2 Å². The van der Waals surface area contributed by atoms with E-state index in [2.05, 4.69) is 25.3 Å². The number of benzene rings is 2. The van der Waals surface area contributed by atoms with Gasteiger partial charge in [0.05, 0.1) is 11.7 Å². The molecule has 2 nitrogen and oxygen atoms in total. The van der Waals surface area contributed by atoms with Crippen LogP contribution in [0.5, 0.6) is 5.75 Å². The first-order chi connectivity index (χ1) is 16.5. The average molecular weight is 469 g/mol. The fourth-order valence-electron chi connectivity index (χ4n) is 5.47. The molecule has 0 saturated heterocycles.